The number of halogens is 1. The summed E-state index contributed by atoms with van der Waals surface area (Å²) in [6.07, 6.45) is 7.20. The number of hydrogen-bond acceptors (Lipinski definition) is 3. The van der Waals surface area contributed by atoms with Crippen LogP contribution >= 0.6 is 35.3 Å². The molecule has 1 heterocycles. The third-order valence-electron chi connectivity index (χ3n) is 4.42. The average molecular weight is 464 g/mol. The van der Waals surface area contributed by atoms with Gasteiger partial charge in [-0.1, -0.05) is 13.8 Å². The van der Waals surface area contributed by atoms with Crippen LogP contribution in [-0.4, -0.2) is 30.1 Å². The zero-order chi connectivity index (χ0) is 16.7. The van der Waals surface area contributed by atoms with E-state index in [0.717, 1.165) is 31.9 Å². The summed E-state index contributed by atoms with van der Waals surface area (Å²) in [5, 5.41) is 8.12. The lowest BCUT2D eigenvalue weighted by Crippen LogP contribution is -2.44. The van der Waals surface area contributed by atoms with Crippen molar-refractivity contribution in [3.05, 3.63) is 15.6 Å². The summed E-state index contributed by atoms with van der Waals surface area (Å²) in [4.78, 5) is 11.1. The molecule has 1 aliphatic carbocycles. The van der Waals surface area contributed by atoms with Crippen LogP contribution in [0.25, 0.3) is 0 Å². The normalized spacial score (nSPS) is 15.6. The van der Waals surface area contributed by atoms with Gasteiger partial charge in [-0.2, -0.15) is 0 Å². The third-order valence-corrected chi connectivity index (χ3v) is 5.63. The van der Waals surface area contributed by atoms with Crippen molar-refractivity contribution in [2.24, 2.45) is 10.9 Å². The minimum atomic E-state index is 0. The van der Waals surface area contributed by atoms with Crippen LogP contribution in [0.4, 0.5) is 0 Å². The van der Waals surface area contributed by atoms with Crippen molar-refractivity contribution < 1.29 is 0 Å². The smallest absolute Gasteiger partial charge is 0.191 e. The van der Waals surface area contributed by atoms with Crippen molar-refractivity contribution in [1.82, 2.24) is 15.6 Å². The molecule has 4 nitrogen and oxygen atoms in total. The maximum absolute atomic E-state index is 4.81. The van der Waals surface area contributed by atoms with Gasteiger partial charge in [0.2, 0.25) is 0 Å². The molecule has 0 bridgehead atoms. The molecule has 0 saturated heterocycles. The van der Waals surface area contributed by atoms with Gasteiger partial charge in [-0.3, -0.25) is 4.99 Å². The largest absolute Gasteiger partial charge is 0.357 e. The number of aromatic nitrogens is 1. The second-order valence-corrected chi connectivity index (χ2v) is 7.89. The maximum atomic E-state index is 4.81. The fraction of sp³-hybridized carbons (Fsp3) is 0.778. The van der Waals surface area contributed by atoms with Gasteiger partial charge in [0.1, 0.15) is 0 Å². The van der Waals surface area contributed by atoms with E-state index in [-0.39, 0.29) is 24.0 Å². The zero-order valence-electron chi connectivity index (χ0n) is 15.5. The number of thiazole rings is 1. The van der Waals surface area contributed by atoms with Crippen molar-refractivity contribution >= 4 is 41.3 Å². The second-order valence-electron chi connectivity index (χ2n) is 6.73. The summed E-state index contributed by atoms with van der Waals surface area (Å²) < 4.78 is 0. The highest BCUT2D eigenvalue weighted by Crippen LogP contribution is 2.27. The number of guanidine groups is 1. The van der Waals surface area contributed by atoms with Gasteiger partial charge in [0.15, 0.2) is 5.96 Å². The summed E-state index contributed by atoms with van der Waals surface area (Å²) in [5.74, 6) is 1.53. The highest BCUT2D eigenvalue weighted by atomic mass is 127. The van der Waals surface area contributed by atoms with Gasteiger partial charge in [0, 0.05) is 30.4 Å². The summed E-state index contributed by atoms with van der Waals surface area (Å²) in [6, 6.07) is 0.429. The Bertz CT molecular complexity index is 490. The third kappa shape index (κ3) is 6.86. The summed E-state index contributed by atoms with van der Waals surface area (Å²) in [7, 11) is 0. The van der Waals surface area contributed by atoms with Crippen LogP contribution < -0.4 is 10.6 Å². The second kappa shape index (κ2) is 11.3. The summed E-state index contributed by atoms with van der Waals surface area (Å²) in [5.41, 5.74) is 1.38. The Hall–Kier alpha value is -0.370. The van der Waals surface area contributed by atoms with E-state index in [1.165, 1.54) is 41.3 Å². The molecule has 138 valence electrons. The van der Waals surface area contributed by atoms with Crippen LogP contribution in [0.3, 0.4) is 0 Å². The van der Waals surface area contributed by atoms with Gasteiger partial charge in [-0.25, -0.2) is 4.98 Å². The van der Waals surface area contributed by atoms with E-state index < -0.39 is 0 Å². The molecule has 1 aromatic heterocycles. The first kappa shape index (κ1) is 21.7. The van der Waals surface area contributed by atoms with Crippen LogP contribution in [0.1, 0.15) is 62.5 Å². The molecule has 0 saturated carbocycles. The molecule has 1 aromatic rings. The molecule has 6 heteroatoms. The van der Waals surface area contributed by atoms with Crippen LogP contribution in [0.15, 0.2) is 4.99 Å². The number of rotatable bonds is 7. The quantitative estimate of drug-likeness (QED) is 0.276. The molecule has 0 aliphatic heterocycles. The van der Waals surface area contributed by atoms with Crippen molar-refractivity contribution in [3.63, 3.8) is 0 Å². The van der Waals surface area contributed by atoms with E-state index >= 15 is 0 Å². The molecule has 2 rings (SSSR count). The number of aryl methyl sites for hydroxylation is 3. The molecule has 1 unspecified atom stereocenters. The van der Waals surface area contributed by atoms with E-state index in [2.05, 4.69) is 38.3 Å². The molecule has 2 N–H and O–H groups in total. The molecule has 24 heavy (non-hydrogen) atoms. The number of hydrogen-bond donors (Lipinski definition) is 2. The minimum absolute atomic E-state index is 0. The first-order valence-electron chi connectivity index (χ1n) is 9.12. The summed E-state index contributed by atoms with van der Waals surface area (Å²) in [6.45, 7) is 10.5. The number of nitrogens with one attached hydrogen (secondary N) is 2. The lowest BCUT2D eigenvalue weighted by atomic mass is 10.0. The highest BCUT2D eigenvalue weighted by molar-refractivity contribution is 14.0. The number of aliphatic imine (C=N–C) groups is 1. The number of nitrogens with zero attached hydrogens (tertiary/aromatic N) is 2. The predicted molar refractivity (Wildman–Crippen MR) is 116 cm³/mol. The van der Waals surface area contributed by atoms with Crippen LogP contribution in [0.2, 0.25) is 0 Å². The van der Waals surface area contributed by atoms with Crippen molar-refractivity contribution in [1.29, 1.82) is 0 Å². The maximum Gasteiger partial charge on any atom is 0.191 e. The fourth-order valence-electron chi connectivity index (χ4n) is 2.64. The van der Waals surface area contributed by atoms with E-state index in [0.29, 0.717) is 12.0 Å². The van der Waals surface area contributed by atoms with Crippen molar-refractivity contribution in [3.8, 4) is 0 Å². The lowest BCUT2D eigenvalue weighted by molar-refractivity contribution is 0.481. The van der Waals surface area contributed by atoms with Gasteiger partial charge < -0.3 is 10.6 Å². The van der Waals surface area contributed by atoms with Crippen molar-refractivity contribution in [2.75, 3.05) is 13.1 Å². The van der Waals surface area contributed by atoms with Crippen LogP contribution in [-0.2, 0) is 19.3 Å². The van der Waals surface area contributed by atoms with Gasteiger partial charge in [0.25, 0.3) is 0 Å². The van der Waals surface area contributed by atoms with Gasteiger partial charge in [-0.15, -0.1) is 35.3 Å². The summed E-state index contributed by atoms with van der Waals surface area (Å²) >= 11 is 1.93. The molecule has 0 spiro atoms. The molecular formula is C18H33IN4S. The zero-order valence-corrected chi connectivity index (χ0v) is 18.7. The molecule has 0 aromatic carbocycles. The van der Waals surface area contributed by atoms with Crippen molar-refractivity contribution in [2.45, 2.75) is 72.3 Å². The minimum Gasteiger partial charge on any atom is -0.357 e. The fourth-order valence-corrected chi connectivity index (χ4v) is 3.83. The molecule has 1 atom stereocenters. The van der Waals surface area contributed by atoms with Crippen LogP contribution in [0.5, 0.6) is 0 Å². The lowest BCUT2D eigenvalue weighted by Gasteiger charge is -2.20. The topological polar surface area (TPSA) is 49.3 Å². The van der Waals surface area contributed by atoms with Gasteiger partial charge in [-0.05, 0) is 51.9 Å². The SMILES string of the molecule is CCNC(=NCCCc1nc2c(s1)CCCC2)NC(C)C(C)C.I. The average Bonchev–Trinajstić information content (AvgIpc) is 2.94. The predicted octanol–water partition coefficient (Wildman–Crippen LogP) is 4.17. The Morgan fingerprint density at radius 2 is 2.00 bits per heavy atom. The Labute approximate surface area is 168 Å². The Balaban J connectivity index is 0.00000288. The molecule has 1 aliphatic rings. The standard InChI is InChI=1S/C18H32N4S.HI/c1-5-19-18(21-14(4)13(2)3)20-12-8-11-17-22-15-9-6-7-10-16(15)23-17;/h13-14H,5-12H2,1-4H3,(H2,19,20,21);1H. The Morgan fingerprint density at radius 3 is 2.67 bits per heavy atom. The first-order chi connectivity index (χ1) is 11.1. The Morgan fingerprint density at radius 1 is 1.25 bits per heavy atom. The van der Waals surface area contributed by atoms with E-state index in [1.807, 2.05) is 11.3 Å². The van der Waals surface area contributed by atoms with Gasteiger partial charge in [0.05, 0.1) is 10.7 Å². The van der Waals surface area contributed by atoms with E-state index in [4.69, 9.17) is 9.98 Å². The number of fused-ring (bicyclic) bond motifs is 1. The molecule has 0 radical (unpaired) electrons. The first-order valence-corrected chi connectivity index (χ1v) is 9.94. The molecule has 0 amide bonds. The highest BCUT2D eigenvalue weighted by Gasteiger charge is 2.14. The van der Waals surface area contributed by atoms with Crippen LogP contribution in [0, 0.1) is 5.92 Å². The molecular weight excluding hydrogens is 431 g/mol. The Kier molecular flexibility index (Phi) is 10.2. The van der Waals surface area contributed by atoms with Gasteiger partial charge >= 0.3 is 0 Å². The van der Waals surface area contributed by atoms with E-state index in [1.54, 1.807) is 0 Å². The monoisotopic (exact) mass is 464 g/mol. The van der Waals surface area contributed by atoms with E-state index in [9.17, 15) is 0 Å². The molecule has 0 fully saturated rings.